The van der Waals surface area contributed by atoms with Crippen molar-refractivity contribution in [1.82, 2.24) is 9.97 Å². The van der Waals surface area contributed by atoms with E-state index in [9.17, 15) is 0 Å². The second kappa shape index (κ2) is 5.79. The van der Waals surface area contributed by atoms with Crippen LogP contribution in [0.3, 0.4) is 0 Å². The lowest BCUT2D eigenvalue weighted by Gasteiger charge is -2.19. The number of nitrogens with one attached hydrogen (secondary N) is 1. The molecule has 2 aromatic heterocycles. The monoisotopic (exact) mass is 288 g/mol. The molecule has 1 aliphatic carbocycles. The molecule has 20 heavy (non-hydrogen) atoms. The van der Waals surface area contributed by atoms with Crippen molar-refractivity contribution < 1.29 is 0 Å². The highest BCUT2D eigenvalue weighted by Gasteiger charge is 2.27. The molecule has 0 bridgehead atoms. The number of rotatable bonds is 6. The molecule has 2 heterocycles. The number of thiophene rings is 1. The molecule has 2 aromatic rings. The van der Waals surface area contributed by atoms with E-state index in [4.69, 9.17) is 4.98 Å². The van der Waals surface area contributed by atoms with E-state index in [1.165, 1.54) is 18.4 Å². The summed E-state index contributed by atoms with van der Waals surface area (Å²) in [7, 11) is 2.09. The van der Waals surface area contributed by atoms with Crippen molar-refractivity contribution in [3.8, 4) is 0 Å². The molecule has 0 aromatic carbocycles. The van der Waals surface area contributed by atoms with Gasteiger partial charge in [-0.05, 0) is 42.2 Å². The van der Waals surface area contributed by atoms with Crippen molar-refractivity contribution in [3.63, 3.8) is 0 Å². The molecule has 5 heteroatoms. The van der Waals surface area contributed by atoms with Gasteiger partial charge in [0, 0.05) is 32.1 Å². The molecule has 0 aliphatic heterocycles. The molecule has 3 rings (SSSR count). The summed E-state index contributed by atoms with van der Waals surface area (Å²) < 4.78 is 0. The molecular weight excluding hydrogens is 268 g/mol. The van der Waals surface area contributed by atoms with Gasteiger partial charge >= 0.3 is 0 Å². The predicted octanol–water partition coefficient (Wildman–Crippen LogP) is 3.48. The summed E-state index contributed by atoms with van der Waals surface area (Å²) in [5.41, 5.74) is 1.33. The van der Waals surface area contributed by atoms with Gasteiger partial charge in [-0.2, -0.15) is 11.3 Å². The molecule has 1 N–H and O–H groups in total. The molecule has 4 nitrogen and oxygen atoms in total. The van der Waals surface area contributed by atoms with E-state index in [0.717, 1.165) is 30.5 Å². The van der Waals surface area contributed by atoms with Gasteiger partial charge in [-0.15, -0.1) is 0 Å². The molecule has 1 aliphatic rings. The summed E-state index contributed by atoms with van der Waals surface area (Å²) in [4.78, 5) is 11.5. The third-order valence-electron chi connectivity index (χ3n) is 3.42. The molecule has 1 saturated carbocycles. The molecule has 106 valence electrons. The van der Waals surface area contributed by atoms with Crippen molar-refractivity contribution in [1.29, 1.82) is 0 Å². The van der Waals surface area contributed by atoms with E-state index < -0.39 is 0 Å². The maximum atomic E-state index is 4.74. The fourth-order valence-electron chi connectivity index (χ4n) is 2.18. The number of hydrogen-bond donors (Lipinski definition) is 1. The Kier molecular flexibility index (Phi) is 3.87. The molecule has 0 amide bonds. The van der Waals surface area contributed by atoms with Gasteiger partial charge in [-0.3, -0.25) is 0 Å². The van der Waals surface area contributed by atoms with Crippen molar-refractivity contribution in [2.75, 3.05) is 23.8 Å². The van der Waals surface area contributed by atoms with Gasteiger partial charge < -0.3 is 10.2 Å². The van der Waals surface area contributed by atoms with E-state index in [1.807, 2.05) is 6.07 Å². The fourth-order valence-corrected chi connectivity index (χ4v) is 2.84. The van der Waals surface area contributed by atoms with Gasteiger partial charge in [0.15, 0.2) is 0 Å². The Morgan fingerprint density at radius 2 is 2.25 bits per heavy atom. The number of nitrogens with zero attached hydrogens (tertiary/aromatic N) is 3. The molecule has 0 saturated heterocycles. The largest absolute Gasteiger partial charge is 0.370 e. The fraction of sp³-hybridized carbons (Fsp3) is 0.467. The Hall–Kier alpha value is -1.62. The van der Waals surface area contributed by atoms with Crippen LogP contribution in [0, 0.1) is 0 Å². The second-order valence-corrected chi connectivity index (χ2v) is 6.04. The minimum atomic E-state index is 0.571. The van der Waals surface area contributed by atoms with Crippen molar-refractivity contribution >= 4 is 23.0 Å². The van der Waals surface area contributed by atoms with Crippen LogP contribution >= 0.6 is 11.3 Å². The van der Waals surface area contributed by atoms with E-state index in [-0.39, 0.29) is 0 Å². The van der Waals surface area contributed by atoms with Crippen LogP contribution in [0.15, 0.2) is 22.9 Å². The first-order chi connectivity index (χ1) is 9.76. The summed E-state index contributed by atoms with van der Waals surface area (Å²) in [5.74, 6) is 3.51. The van der Waals surface area contributed by atoms with Crippen molar-refractivity contribution in [2.24, 2.45) is 0 Å². The quantitative estimate of drug-likeness (QED) is 0.883. The number of aromatic nitrogens is 2. The zero-order chi connectivity index (χ0) is 13.9. The number of anilines is 2. The third kappa shape index (κ3) is 3.10. The van der Waals surface area contributed by atoms with Crippen molar-refractivity contribution in [2.45, 2.75) is 32.2 Å². The topological polar surface area (TPSA) is 41.0 Å². The standard InChI is InChI=1S/C15H20N4S/c1-3-16-13-8-14(18-15(17-13)12-4-5-12)19(2)9-11-6-7-20-10-11/h6-8,10,12H,3-5,9H2,1-2H3,(H,16,17,18). The summed E-state index contributed by atoms with van der Waals surface area (Å²) in [5, 5.41) is 7.61. The Morgan fingerprint density at radius 3 is 2.90 bits per heavy atom. The predicted molar refractivity (Wildman–Crippen MR) is 84.6 cm³/mol. The smallest absolute Gasteiger partial charge is 0.136 e. The Labute approximate surface area is 123 Å². The van der Waals surface area contributed by atoms with E-state index in [2.05, 4.69) is 46.0 Å². The van der Waals surface area contributed by atoms with Crippen LogP contribution in [0.4, 0.5) is 11.6 Å². The Morgan fingerprint density at radius 1 is 1.40 bits per heavy atom. The minimum Gasteiger partial charge on any atom is -0.370 e. The van der Waals surface area contributed by atoms with Crippen molar-refractivity contribution in [3.05, 3.63) is 34.3 Å². The van der Waals surface area contributed by atoms with Crippen LogP contribution in [-0.2, 0) is 6.54 Å². The SMILES string of the molecule is CCNc1cc(N(C)Cc2ccsc2)nc(C2CC2)n1. The van der Waals surface area contributed by atoms with Gasteiger partial charge in [0.1, 0.15) is 17.5 Å². The molecule has 0 spiro atoms. The van der Waals surface area contributed by atoms with E-state index in [1.54, 1.807) is 11.3 Å². The first kappa shape index (κ1) is 13.4. The highest BCUT2D eigenvalue weighted by Crippen LogP contribution is 2.39. The van der Waals surface area contributed by atoms with E-state index in [0.29, 0.717) is 5.92 Å². The maximum absolute atomic E-state index is 4.74. The highest BCUT2D eigenvalue weighted by molar-refractivity contribution is 7.07. The molecular formula is C15H20N4S. The van der Waals surface area contributed by atoms with Gasteiger partial charge in [-0.25, -0.2) is 9.97 Å². The lowest BCUT2D eigenvalue weighted by atomic mass is 10.3. The van der Waals surface area contributed by atoms with Gasteiger partial charge in [0.05, 0.1) is 0 Å². The summed E-state index contributed by atoms with van der Waals surface area (Å²) in [6.07, 6.45) is 2.45. The maximum Gasteiger partial charge on any atom is 0.136 e. The Balaban J connectivity index is 1.82. The highest BCUT2D eigenvalue weighted by atomic mass is 32.1. The lowest BCUT2D eigenvalue weighted by molar-refractivity contribution is 0.855. The zero-order valence-corrected chi connectivity index (χ0v) is 12.8. The molecule has 0 unspecified atom stereocenters. The van der Waals surface area contributed by atoms with Gasteiger partial charge in [0.2, 0.25) is 0 Å². The van der Waals surface area contributed by atoms with Crippen LogP contribution in [0.1, 0.15) is 37.1 Å². The van der Waals surface area contributed by atoms with Gasteiger partial charge in [0.25, 0.3) is 0 Å². The van der Waals surface area contributed by atoms with Crippen LogP contribution < -0.4 is 10.2 Å². The summed E-state index contributed by atoms with van der Waals surface area (Å²) >= 11 is 1.73. The minimum absolute atomic E-state index is 0.571. The van der Waals surface area contributed by atoms with Crippen LogP contribution in [0.2, 0.25) is 0 Å². The van der Waals surface area contributed by atoms with Crippen LogP contribution in [0.25, 0.3) is 0 Å². The molecule has 0 atom stereocenters. The lowest BCUT2D eigenvalue weighted by Crippen LogP contribution is -2.19. The normalized spacial score (nSPS) is 14.3. The Bertz CT molecular complexity index is 563. The van der Waals surface area contributed by atoms with E-state index >= 15 is 0 Å². The zero-order valence-electron chi connectivity index (χ0n) is 12.0. The summed E-state index contributed by atoms with van der Waals surface area (Å²) in [6.45, 7) is 3.86. The second-order valence-electron chi connectivity index (χ2n) is 5.26. The van der Waals surface area contributed by atoms with Gasteiger partial charge in [-0.1, -0.05) is 0 Å². The van der Waals surface area contributed by atoms with Crippen LogP contribution in [0.5, 0.6) is 0 Å². The summed E-state index contributed by atoms with van der Waals surface area (Å²) in [6, 6.07) is 4.21. The first-order valence-corrected chi connectivity index (χ1v) is 8.05. The average Bonchev–Trinajstić information content (AvgIpc) is 3.18. The average molecular weight is 288 g/mol. The number of hydrogen-bond acceptors (Lipinski definition) is 5. The first-order valence-electron chi connectivity index (χ1n) is 7.11. The molecule has 0 radical (unpaired) electrons. The van der Waals surface area contributed by atoms with Crippen LogP contribution in [-0.4, -0.2) is 23.6 Å². The molecule has 1 fully saturated rings. The third-order valence-corrected chi connectivity index (χ3v) is 4.15.